The van der Waals surface area contributed by atoms with Crippen LogP contribution in [0.5, 0.6) is 0 Å². The van der Waals surface area contributed by atoms with Crippen molar-refractivity contribution in [1.82, 2.24) is 9.97 Å². The molecule has 13 nitrogen and oxygen atoms in total. The van der Waals surface area contributed by atoms with Crippen LogP contribution in [0.4, 0.5) is 48.0 Å². The third kappa shape index (κ3) is 7.32. The lowest BCUT2D eigenvalue weighted by Crippen LogP contribution is -2.45. The second kappa shape index (κ2) is 14.1. The van der Waals surface area contributed by atoms with Gasteiger partial charge in [0.2, 0.25) is 0 Å². The van der Waals surface area contributed by atoms with Gasteiger partial charge in [-0.3, -0.25) is 9.59 Å². The molecule has 0 unspecified atom stereocenters. The maximum Gasteiger partial charge on any atom is 0.416 e. The summed E-state index contributed by atoms with van der Waals surface area (Å²) in [6.45, 7) is 6.10. The Morgan fingerprint density at radius 1 is 0.750 bits per heavy atom. The Balaban J connectivity index is 1.24. The van der Waals surface area contributed by atoms with Gasteiger partial charge in [-0.2, -0.15) is 36.3 Å². The number of aromatic nitrogens is 2. The van der Waals surface area contributed by atoms with Crippen LogP contribution in [-0.4, -0.2) is 85.1 Å². The van der Waals surface area contributed by atoms with Gasteiger partial charge in [0.15, 0.2) is 34.6 Å². The Hall–Kier alpha value is -4.02. The molecule has 2 spiro atoms. The number of hydrogen-bond acceptors (Lipinski definition) is 14. The highest BCUT2D eigenvalue weighted by atomic mass is 32.1. The first-order valence-corrected chi connectivity index (χ1v) is 19.4. The van der Waals surface area contributed by atoms with Gasteiger partial charge in [-0.1, -0.05) is 22.7 Å². The summed E-state index contributed by atoms with van der Waals surface area (Å²) in [5, 5.41) is 3.91. The lowest BCUT2D eigenvalue weighted by molar-refractivity contribution is -0.766. The maximum atomic E-state index is 14.3. The topological polar surface area (TPSA) is 128 Å². The fourth-order valence-electron chi connectivity index (χ4n) is 7.40. The first-order chi connectivity index (χ1) is 26.4. The monoisotopic (exact) mass is 829 g/mol. The highest BCUT2D eigenvalue weighted by Crippen LogP contribution is 2.44. The van der Waals surface area contributed by atoms with Gasteiger partial charge in [0, 0.05) is 57.9 Å². The predicted octanol–water partition coefficient (Wildman–Crippen LogP) is 7.12. The molecule has 0 saturated carbocycles. The van der Waals surface area contributed by atoms with E-state index in [1.807, 2.05) is 13.8 Å². The summed E-state index contributed by atoms with van der Waals surface area (Å²) in [5.41, 5.74) is -5.19. The van der Waals surface area contributed by atoms with E-state index in [0.29, 0.717) is 94.2 Å². The molecule has 0 amide bonds. The van der Waals surface area contributed by atoms with E-state index in [2.05, 4.69) is 15.1 Å². The molecular formula is C35H35F6N6O7S2+. The lowest BCUT2D eigenvalue weighted by atomic mass is 10.0. The van der Waals surface area contributed by atoms with Crippen molar-refractivity contribution in [2.24, 2.45) is 5.11 Å². The Morgan fingerprint density at radius 2 is 1.20 bits per heavy atom. The number of rotatable bonds is 5. The SMILES string of the molecule is CO[N+](=Nc1cc(C(F)(F)F)cc2c(=O)nc(N3CCC4(CC3)OC[C@H](C)O4)sc12)c1cc(C(F)(F)F)cc2c(=O)nc(N3CCC4(CC3)OC[C@H](C)O4)sc12. The minimum Gasteiger partial charge on any atom is -0.348 e. The van der Waals surface area contributed by atoms with Crippen LogP contribution in [0.2, 0.25) is 0 Å². The molecule has 4 saturated heterocycles. The number of benzene rings is 2. The fraction of sp³-hybridized carbons (Fsp3) is 0.543. The molecule has 0 N–H and O–H groups in total. The summed E-state index contributed by atoms with van der Waals surface area (Å²) in [5.74, 6) is -1.56. The van der Waals surface area contributed by atoms with Gasteiger partial charge < -0.3 is 28.7 Å². The van der Waals surface area contributed by atoms with Gasteiger partial charge in [0.05, 0.1) is 57.1 Å². The summed E-state index contributed by atoms with van der Waals surface area (Å²) in [7, 11) is 1.07. The van der Waals surface area contributed by atoms with Gasteiger partial charge in [0.1, 0.15) is 9.56 Å². The Labute approximate surface area is 322 Å². The van der Waals surface area contributed by atoms with Gasteiger partial charge in [-0.05, 0) is 32.0 Å². The zero-order valence-electron chi connectivity index (χ0n) is 30.2. The summed E-state index contributed by atoms with van der Waals surface area (Å²) >= 11 is 1.80. The molecule has 4 aliphatic rings. The predicted molar refractivity (Wildman–Crippen MR) is 192 cm³/mol. The number of fused-ring (bicyclic) bond motifs is 2. The van der Waals surface area contributed by atoms with Crippen LogP contribution in [0, 0.1) is 0 Å². The van der Waals surface area contributed by atoms with E-state index in [1.165, 1.54) is 0 Å². The second-order valence-corrected chi connectivity index (χ2v) is 16.1. The molecule has 21 heteroatoms. The van der Waals surface area contributed by atoms with Crippen LogP contribution in [-0.2, 0) is 36.1 Å². The molecule has 2 aromatic carbocycles. The summed E-state index contributed by atoms with van der Waals surface area (Å²) in [6, 6.07) is 2.72. The third-order valence-corrected chi connectivity index (χ3v) is 12.5. The van der Waals surface area contributed by atoms with E-state index >= 15 is 0 Å². The van der Waals surface area contributed by atoms with Crippen LogP contribution in [0.1, 0.15) is 50.7 Å². The molecule has 4 aliphatic heterocycles. The molecule has 0 radical (unpaired) electrons. The van der Waals surface area contributed by atoms with Crippen molar-refractivity contribution in [2.45, 2.75) is 75.7 Å². The van der Waals surface area contributed by atoms with Crippen LogP contribution >= 0.6 is 22.7 Å². The highest BCUT2D eigenvalue weighted by Gasteiger charge is 2.45. The quantitative estimate of drug-likeness (QED) is 0.0884. The molecule has 56 heavy (non-hydrogen) atoms. The summed E-state index contributed by atoms with van der Waals surface area (Å²) in [4.78, 5) is 44.8. The third-order valence-electron chi connectivity index (χ3n) is 10.2. The molecular weight excluding hydrogens is 795 g/mol. The van der Waals surface area contributed by atoms with Crippen LogP contribution in [0.25, 0.3) is 20.2 Å². The zero-order chi connectivity index (χ0) is 39.8. The Kier molecular flexibility index (Phi) is 9.79. The number of azo groups is 1. The molecule has 0 bridgehead atoms. The number of halogens is 6. The largest absolute Gasteiger partial charge is 0.416 e. The van der Waals surface area contributed by atoms with E-state index in [0.717, 1.165) is 29.8 Å². The van der Waals surface area contributed by atoms with E-state index < -0.39 is 62.6 Å². The van der Waals surface area contributed by atoms with Crippen LogP contribution < -0.4 is 20.9 Å². The van der Waals surface area contributed by atoms with Gasteiger partial charge >= 0.3 is 18.0 Å². The molecule has 4 aromatic rings. The van der Waals surface area contributed by atoms with Crippen molar-refractivity contribution < 1.29 is 55.0 Å². The second-order valence-electron chi connectivity index (χ2n) is 14.2. The molecule has 300 valence electrons. The van der Waals surface area contributed by atoms with E-state index in [1.54, 1.807) is 9.80 Å². The maximum absolute atomic E-state index is 14.3. The molecule has 0 aliphatic carbocycles. The molecule has 2 aromatic heterocycles. The highest BCUT2D eigenvalue weighted by molar-refractivity contribution is 7.22. The average molecular weight is 830 g/mol. The van der Waals surface area contributed by atoms with Gasteiger partial charge in [-0.25, -0.2) is 4.84 Å². The van der Waals surface area contributed by atoms with Crippen molar-refractivity contribution in [3.8, 4) is 0 Å². The van der Waals surface area contributed by atoms with Crippen molar-refractivity contribution in [2.75, 3.05) is 56.3 Å². The van der Waals surface area contributed by atoms with E-state index in [9.17, 15) is 35.9 Å². The van der Waals surface area contributed by atoms with E-state index in [-0.39, 0.29) is 37.6 Å². The number of nitrogens with zero attached hydrogens (tertiary/aromatic N) is 6. The van der Waals surface area contributed by atoms with E-state index in [4.69, 9.17) is 23.8 Å². The molecule has 2 atom stereocenters. The molecule has 6 heterocycles. The van der Waals surface area contributed by atoms with Gasteiger partial charge in [-0.15, -0.1) is 0 Å². The number of anilines is 2. The van der Waals surface area contributed by atoms with Crippen molar-refractivity contribution >= 4 is 64.5 Å². The smallest absolute Gasteiger partial charge is 0.348 e. The van der Waals surface area contributed by atoms with Crippen molar-refractivity contribution in [3.05, 3.63) is 56.1 Å². The first-order valence-electron chi connectivity index (χ1n) is 17.8. The Morgan fingerprint density at radius 3 is 1.62 bits per heavy atom. The standard InChI is InChI=1S/C35H35F6N6O7S2/c1-18-16-51-32(53-18)4-8-45(9-5-32)30-42-28(48)22-12-20(34(36,37)38)14-24(26(22)55-30)44-47(50-3)25-15-21(35(39,40)41)13-23-27(25)56-31(43-29(23)49)46-10-6-33(7-11-46)52-17-19(2)54-33/h12-15,18-19H,4-11,16-17H2,1-3H3/q+1/t18-,19-/m0/s1. The van der Waals surface area contributed by atoms with Crippen molar-refractivity contribution in [1.29, 1.82) is 0 Å². The summed E-state index contributed by atoms with van der Waals surface area (Å²) < 4.78 is 109. The van der Waals surface area contributed by atoms with Crippen LogP contribution in [0.15, 0.2) is 39.0 Å². The minimum absolute atomic E-state index is 0.0133. The first kappa shape index (κ1) is 38.8. The molecule has 4 fully saturated rings. The number of ether oxygens (including phenoxy) is 4. The van der Waals surface area contributed by atoms with Gasteiger partial charge in [0.25, 0.3) is 11.1 Å². The fourth-order valence-corrected chi connectivity index (χ4v) is 9.60. The molecule has 8 rings (SSSR count). The normalized spacial score (nSPS) is 22.9. The summed E-state index contributed by atoms with van der Waals surface area (Å²) in [6.07, 6.45) is -8.28. The lowest BCUT2D eigenvalue weighted by Gasteiger charge is -2.38. The zero-order valence-corrected chi connectivity index (χ0v) is 31.8. The van der Waals surface area contributed by atoms with Crippen LogP contribution in [0.3, 0.4) is 0 Å². The van der Waals surface area contributed by atoms with Crippen molar-refractivity contribution in [3.63, 3.8) is 0 Å². The number of piperidine rings is 2. The Bertz CT molecular complexity index is 2340. The number of alkyl halides is 6. The average Bonchev–Trinajstić information content (AvgIpc) is 3.70. The number of hydrogen-bond donors (Lipinski definition) is 0. The minimum atomic E-state index is -4.94.